The van der Waals surface area contributed by atoms with Gasteiger partial charge in [-0.2, -0.15) is 0 Å². The number of amides is 1. The standard InChI is InChI=1S/C19H19FN2O2/c1-12(23)21-10-9-14-16-11-13(24-2)7-8-18(16)22-19(14)15-5-3-4-6-17(15)20/h3-8,11,22H,9-10H2,1-2H3,(H,21,23). The molecular formula is C19H19FN2O2. The van der Waals surface area contributed by atoms with Gasteiger partial charge in [0.1, 0.15) is 11.6 Å². The van der Waals surface area contributed by atoms with Crippen LogP contribution >= 0.6 is 0 Å². The van der Waals surface area contributed by atoms with Gasteiger partial charge in [-0.25, -0.2) is 4.39 Å². The summed E-state index contributed by atoms with van der Waals surface area (Å²) in [5, 5.41) is 3.76. The van der Waals surface area contributed by atoms with Crippen molar-refractivity contribution in [1.82, 2.24) is 10.3 Å². The van der Waals surface area contributed by atoms with Gasteiger partial charge in [0, 0.05) is 29.9 Å². The highest BCUT2D eigenvalue weighted by atomic mass is 19.1. The summed E-state index contributed by atoms with van der Waals surface area (Å²) in [4.78, 5) is 14.4. The van der Waals surface area contributed by atoms with Crippen LogP contribution in [0.15, 0.2) is 42.5 Å². The van der Waals surface area contributed by atoms with E-state index in [0.717, 1.165) is 27.9 Å². The van der Waals surface area contributed by atoms with E-state index < -0.39 is 0 Å². The molecule has 0 atom stereocenters. The summed E-state index contributed by atoms with van der Waals surface area (Å²) in [5.74, 6) is 0.374. The Bertz CT molecular complexity index is 886. The van der Waals surface area contributed by atoms with Crippen LogP contribution in [0.5, 0.6) is 5.75 Å². The minimum absolute atomic E-state index is 0.0835. The molecule has 0 fully saturated rings. The molecule has 0 aliphatic rings. The lowest BCUT2D eigenvalue weighted by Gasteiger charge is -2.07. The van der Waals surface area contributed by atoms with E-state index in [0.29, 0.717) is 18.5 Å². The fraction of sp³-hybridized carbons (Fsp3) is 0.211. The molecule has 1 heterocycles. The Morgan fingerprint density at radius 1 is 1.25 bits per heavy atom. The summed E-state index contributed by atoms with van der Waals surface area (Å²) in [5.41, 5.74) is 3.13. The number of hydrogen-bond acceptors (Lipinski definition) is 2. The van der Waals surface area contributed by atoms with Crippen LogP contribution in [-0.2, 0) is 11.2 Å². The van der Waals surface area contributed by atoms with E-state index in [4.69, 9.17) is 4.74 Å². The summed E-state index contributed by atoms with van der Waals surface area (Å²) in [6.45, 7) is 1.97. The Morgan fingerprint density at radius 3 is 2.75 bits per heavy atom. The van der Waals surface area contributed by atoms with E-state index >= 15 is 0 Å². The lowest BCUT2D eigenvalue weighted by molar-refractivity contribution is -0.118. The molecule has 2 aromatic carbocycles. The largest absolute Gasteiger partial charge is 0.497 e. The van der Waals surface area contributed by atoms with Crippen LogP contribution in [0.25, 0.3) is 22.2 Å². The van der Waals surface area contributed by atoms with Gasteiger partial charge in [0.05, 0.1) is 12.8 Å². The zero-order valence-electron chi connectivity index (χ0n) is 13.7. The number of benzene rings is 2. The van der Waals surface area contributed by atoms with Gasteiger partial charge in [-0.3, -0.25) is 4.79 Å². The molecule has 0 saturated carbocycles. The molecule has 0 aliphatic heterocycles. The summed E-state index contributed by atoms with van der Waals surface area (Å²) in [6.07, 6.45) is 0.594. The first-order valence-electron chi connectivity index (χ1n) is 7.78. The summed E-state index contributed by atoms with van der Waals surface area (Å²) >= 11 is 0. The molecule has 3 aromatic rings. The molecule has 0 unspecified atom stereocenters. The highest BCUT2D eigenvalue weighted by Crippen LogP contribution is 2.33. The van der Waals surface area contributed by atoms with Gasteiger partial charge in [0.15, 0.2) is 0 Å². The Labute approximate surface area is 139 Å². The van der Waals surface area contributed by atoms with Crippen LogP contribution < -0.4 is 10.1 Å². The molecule has 0 radical (unpaired) electrons. The number of rotatable bonds is 5. The average molecular weight is 326 g/mol. The Balaban J connectivity index is 2.12. The number of aromatic amines is 1. The smallest absolute Gasteiger partial charge is 0.216 e. The normalized spacial score (nSPS) is 10.8. The first kappa shape index (κ1) is 16.1. The third-order valence-corrected chi connectivity index (χ3v) is 4.01. The number of methoxy groups -OCH3 is 1. The van der Waals surface area contributed by atoms with Crippen molar-refractivity contribution < 1.29 is 13.9 Å². The zero-order valence-corrected chi connectivity index (χ0v) is 13.7. The molecule has 0 aliphatic carbocycles. The summed E-state index contributed by atoms with van der Waals surface area (Å²) in [7, 11) is 1.61. The summed E-state index contributed by atoms with van der Waals surface area (Å²) < 4.78 is 19.6. The fourth-order valence-electron chi connectivity index (χ4n) is 2.87. The highest BCUT2D eigenvalue weighted by Gasteiger charge is 2.16. The Morgan fingerprint density at radius 2 is 2.04 bits per heavy atom. The van der Waals surface area contributed by atoms with Crippen molar-refractivity contribution in [1.29, 1.82) is 0 Å². The number of hydrogen-bond donors (Lipinski definition) is 2. The lowest BCUT2D eigenvalue weighted by atomic mass is 10.0. The molecule has 124 valence electrons. The van der Waals surface area contributed by atoms with Crippen LogP contribution in [0.3, 0.4) is 0 Å². The third-order valence-electron chi connectivity index (χ3n) is 4.01. The maximum atomic E-state index is 14.3. The van der Waals surface area contributed by atoms with Crippen LogP contribution in [0.4, 0.5) is 4.39 Å². The fourth-order valence-corrected chi connectivity index (χ4v) is 2.87. The minimum atomic E-state index is -0.281. The SMILES string of the molecule is COc1ccc2[nH]c(-c3ccccc3F)c(CCNC(C)=O)c2c1. The second-order valence-electron chi connectivity index (χ2n) is 5.60. The van der Waals surface area contributed by atoms with Crippen molar-refractivity contribution in [2.75, 3.05) is 13.7 Å². The van der Waals surface area contributed by atoms with Crippen molar-refractivity contribution in [3.05, 3.63) is 53.8 Å². The van der Waals surface area contributed by atoms with E-state index in [-0.39, 0.29) is 11.7 Å². The highest BCUT2D eigenvalue weighted by molar-refractivity contribution is 5.92. The second kappa shape index (κ2) is 6.74. The number of halogens is 1. The monoisotopic (exact) mass is 326 g/mol. The number of carbonyl (C=O) groups is 1. The van der Waals surface area contributed by atoms with Crippen molar-refractivity contribution in [2.24, 2.45) is 0 Å². The number of ether oxygens (including phenoxy) is 1. The van der Waals surface area contributed by atoms with Crippen LogP contribution in [-0.4, -0.2) is 24.5 Å². The van der Waals surface area contributed by atoms with Crippen LogP contribution in [0.2, 0.25) is 0 Å². The van der Waals surface area contributed by atoms with E-state index in [9.17, 15) is 9.18 Å². The number of nitrogens with one attached hydrogen (secondary N) is 2. The van der Waals surface area contributed by atoms with Gasteiger partial charge >= 0.3 is 0 Å². The number of aromatic nitrogens is 1. The average Bonchev–Trinajstić information content (AvgIpc) is 2.92. The first-order chi connectivity index (χ1) is 11.6. The van der Waals surface area contributed by atoms with Crippen molar-refractivity contribution in [3.63, 3.8) is 0 Å². The first-order valence-corrected chi connectivity index (χ1v) is 7.78. The van der Waals surface area contributed by atoms with Crippen molar-refractivity contribution in [2.45, 2.75) is 13.3 Å². The van der Waals surface area contributed by atoms with Gasteiger partial charge < -0.3 is 15.0 Å². The molecule has 0 bridgehead atoms. The zero-order chi connectivity index (χ0) is 17.1. The maximum Gasteiger partial charge on any atom is 0.216 e. The lowest BCUT2D eigenvalue weighted by Crippen LogP contribution is -2.22. The predicted octanol–water partition coefficient (Wildman–Crippen LogP) is 3.66. The minimum Gasteiger partial charge on any atom is -0.497 e. The molecule has 1 amide bonds. The van der Waals surface area contributed by atoms with Crippen LogP contribution in [0, 0.1) is 5.82 Å². The molecule has 4 nitrogen and oxygen atoms in total. The molecular weight excluding hydrogens is 307 g/mol. The van der Waals surface area contributed by atoms with E-state index in [1.54, 1.807) is 19.2 Å². The number of fused-ring (bicyclic) bond motifs is 1. The van der Waals surface area contributed by atoms with E-state index in [1.165, 1.54) is 13.0 Å². The van der Waals surface area contributed by atoms with Crippen molar-refractivity contribution in [3.8, 4) is 17.0 Å². The molecule has 24 heavy (non-hydrogen) atoms. The molecule has 3 rings (SSSR count). The molecule has 0 saturated heterocycles. The molecule has 1 aromatic heterocycles. The predicted molar refractivity (Wildman–Crippen MR) is 92.6 cm³/mol. The third kappa shape index (κ3) is 3.11. The van der Waals surface area contributed by atoms with E-state index in [1.807, 2.05) is 24.3 Å². The van der Waals surface area contributed by atoms with Crippen molar-refractivity contribution >= 4 is 16.8 Å². The molecule has 5 heteroatoms. The van der Waals surface area contributed by atoms with Gasteiger partial charge in [0.2, 0.25) is 5.91 Å². The van der Waals surface area contributed by atoms with Crippen LogP contribution in [0.1, 0.15) is 12.5 Å². The quantitative estimate of drug-likeness (QED) is 0.752. The maximum absolute atomic E-state index is 14.3. The molecule has 2 N–H and O–H groups in total. The van der Waals surface area contributed by atoms with Gasteiger partial charge in [-0.1, -0.05) is 12.1 Å². The van der Waals surface area contributed by atoms with Gasteiger partial charge in [-0.15, -0.1) is 0 Å². The summed E-state index contributed by atoms with van der Waals surface area (Å²) in [6, 6.07) is 12.4. The number of H-pyrrole nitrogens is 1. The van der Waals surface area contributed by atoms with Gasteiger partial charge in [-0.05, 0) is 42.3 Å². The number of carbonyl (C=O) groups excluding carboxylic acids is 1. The van der Waals surface area contributed by atoms with E-state index in [2.05, 4.69) is 10.3 Å². The Hall–Kier alpha value is -2.82. The Kier molecular flexibility index (Phi) is 4.51. The topological polar surface area (TPSA) is 54.1 Å². The molecule has 0 spiro atoms. The second-order valence-corrected chi connectivity index (χ2v) is 5.60. The van der Waals surface area contributed by atoms with Gasteiger partial charge in [0.25, 0.3) is 0 Å².